The first-order valence-electron chi connectivity index (χ1n) is 8.94. The lowest BCUT2D eigenvalue weighted by molar-refractivity contribution is 0.00614. The number of likely N-dealkylation sites (tertiary alicyclic amines) is 2. The van der Waals surface area contributed by atoms with Gasteiger partial charge in [-0.05, 0) is 70.6 Å². The molecule has 0 radical (unpaired) electrons. The van der Waals surface area contributed by atoms with E-state index in [4.69, 9.17) is 5.73 Å². The Morgan fingerprint density at radius 2 is 1.75 bits per heavy atom. The van der Waals surface area contributed by atoms with E-state index in [0.717, 1.165) is 30.5 Å². The summed E-state index contributed by atoms with van der Waals surface area (Å²) in [4.78, 5) is 5.46. The topological polar surface area (TPSA) is 32.5 Å². The molecule has 116 valence electrons. The van der Waals surface area contributed by atoms with Crippen LogP contribution in [0.4, 0.5) is 0 Å². The Morgan fingerprint density at radius 3 is 2.60 bits per heavy atom. The number of nitrogens with zero attached hydrogens (tertiary/aromatic N) is 2. The van der Waals surface area contributed by atoms with E-state index in [1.54, 1.807) is 0 Å². The van der Waals surface area contributed by atoms with E-state index in [-0.39, 0.29) is 0 Å². The molecule has 2 saturated heterocycles. The van der Waals surface area contributed by atoms with E-state index >= 15 is 0 Å². The summed E-state index contributed by atoms with van der Waals surface area (Å²) in [5.41, 5.74) is 6.09. The molecule has 3 nitrogen and oxygen atoms in total. The van der Waals surface area contributed by atoms with E-state index in [1.165, 1.54) is 71.0 Å². The second-order valence-corrected chi connectivity index (χ2v) is 7.44. The fourth-order valence-corrected chi connectivity index (χ4v) is 5.10. The molecule has 20 heavy (non-hydrogen) atoms. The third-order valence-corrected chi connectivity index (χ3v) is 6.27. The summed E-state index contributed by atoms with van der Waals surface area (Å²) in [6, 6.07) is 1.65. The monoisotopic (exact) mass is 279 g/mol. The third kappa shape index (κ3) is 3.05. The van der Waals surface area contributed by atoms with Gasteiger partial charge in [-0.15, -0.1) is 0 Å². The number of hydrogen-bond donors (Lipinski definition) is 1. The summed E-state index contributed by atoms with van der Waals surface area (Å²) < 4.78 is 0. The van der Waals surface area contributed by atoms with Crippen molar-refractivity contribution in [3.05, 3.63) is 0 Å². The molecule has 2 aliphatic heterocycles. The molecule has 0 aromatic carbocycles. The first kappa shape index (κ1) is 14.8. The lowest BCUT2D eigenvalue weighted by atomic mass is 9.82. The highest BCUT2D eigenvalue weighted by Gasteiger charge is 2.38. The summed E-state index contributed by atoms with van der Waals surface area (Å²) >= 11 is 0. The summed E-state index contributed by atoms with van der Waals surface area (Å²) in [5, 5.41) is 0. The van der Waals surface area contributed by atoms with Crippen molar-refractivity contribution in [2.24, 2.45) is 17.6 Å². The zero-order chi connectivity index (χ0) is 13.9. The van der Waals surface area contributed by atoms with Gasteiger partial charge in [-0.25, -0.2) is 0 Å². The van der Waals surface area contributed by atoms with Crippen LogP contribution in [0.3, 0.4) is 0 Å². The first-order chi connectivity index (χ1) is 9.79. The van der Waals surface area contributed by atoms with Gasteiger partial charge in [-0.1, -0.05) is 19.3 Å². The molecule has 3 aliphatic rings. The lowest BCUT2D eigenvalue weighted by Crippen LogP contribution is -2.56. The molecule has 3 rings (SSSR count). The summed E-state index contributed by atoms with van der Waals surface area (Å²) in [6.07, 6.45) is 11.3. The van der Waals surface area contributed by atoms with Crippen molar-refractivity contribution in [2.45, 2.75) is 63.5 Å². The number of rotatable bonds is 2. The maximum Gasteiger partial charge on any atom is 0.0145 e. The van der Waals surface area contributed by atoms with Gasteiger partial charge in [0.2, 0.25) is 0 Å². The molecule has 0 aromatic rings. The maximum atomic E-state index is 6.09. The minimum Gasteiger partial charge on any atom is -0.330 e. The molecule has 1 saturated carbocycles. The number of fused-ring (bicyclic) bond motifs is 1. The van der Waals surface area contributed by atoms with Crippen molar-refractivity contribution in [1.29, 1.82) is 0 Å². The summed E-state index contributed by atoms with van der Waals surface area (Å²) in [5.74, 6) is 1.68. The van der Waals surface area contributed by atoms with E-state index in [0.29, 0.717) is 0 Å². The van der Waals surface area contributed by atoms with Crippen LogP contribution in [-0.2, 0) is 0 Å². The van der Waals surface area contributed by atoms with Crippen molar-refractivity contribution in [1.82, 2.24) is 9.80 Å². The highest BCUT2D eigenvalue weighted by Crippen LogP contribution is 2.34. The number of piperidine rings is 2. The van der Waals surface area contributed by atoms with Crippen molar-refractivity contribution < 1.29 is 0 Å². The standard InChI is InChI=1S/C17H33N3/c1-19-10-5-7-15-13-20(11-9-16(15)19)17-8-4-2-3-6-14(17)12-18/h14-17H,2-13,18H2,1H3. The Morgan fingerprint density at radius 1 is 0.900 bits per heavy atom. The van der Waals surface area contributed by atoms with E-state index in [1.807, 2.05) is 0 Å². The van der Waals surface area contributed by atoms with Crippen molar-refractivity contribution in [3.63, 3.8) is 0 Å². The Hall–Kier alpha value is -0.120. The zero-order valence-corrected chi connectivity index (χ0v) is 13.3. The van der Waals surface area contributed by atoms with E-state index < -0.39 is 0 Å². The van der Waals surface area contributed by atoms with Crippen LogP contribution >= 0.6 is 0 Å². The summed E-state index contributed by atoms with van der Waals surface area (Å²) in [6.45, 7) is 4.87. The Bertz CT molecular complexity index is 307. The molecule has 2 N–H and O–H groups in total. The number of nitrogens with two attached hydrogens (primary N) is 1. The largest absolute Gasteiger partial charge is 0.330 e. The molecular formula is C17H33N3. The molecule has 4 atom stereocenters. The van der Waals surface area contributed by atoms with Gasteiger partial charge >= 0.3 is 0 Å². The van der Waals surface area contributed by atoms with Crippen LogP contribution in [0, 0.1) is 11.8 Å². The van der Waals surface area contributed by atoms with Crippen LogP contribution < -0.4 is 5.73 Å². The van der Waals surface area contributed by atoms with Gasteiger partial charge in [0.05, 0.1) is 0 Å². The van der Waals surface area contributed by atoms with Crippen LogP contribution in [0.15, 0.2) is 0 Å². The van der Waals surface area contributed by atoms with Crippen LogP contribution in [-0.4, -0.2) is 55.1 Å². The average molecular weight is 279 g/mol. The van der Waals surface area contributed by atoms with Gasteiger partial charge in [0.1, 0.15) is 0 Å². The normalized spacial score (nSPS) is 41.1. The molecule has 3 fully saturated rings. The Labute approximate surface area is 124 Å². The number of hydrogen-bond acceptors (Lipinski definition) is 3. The summed E-state index contributed by atoms with van der Waals surface area (Å²) in [7, 11) is 2.33. The molecule has 1 aliphatic carbocycles. The fourth-order valence-electron chi connectivity index (χ4n) is 5.10. The average Bonchev–Trinajstić information content (AvgIpc) is 2.72. The Balaban J connectivity index is 1.65. The minimum absolute atomic E-state index is 0.760. The van der Waals surface area contributed by atoms with E-state index in [2.05, 4.69) is 16.8 Å². The van der Waals surface area contributed by atoms with Gasteiger partial charge in [0.15, 0.2) is 0 Å². The van der Waals surface area contributed by atoms with Gasteiger partial charge in [0.25, 0.3) is 0 Å². The smallest absolute Gasteiger partial charge is 0.0145 e. The highest BCUT2D eigenvalue weighted by atomic mass is 15.2. The molecule has 0 aromatic heterocycles. The fraction of sp³-hybridized carbons (Fsp3) is 1.00. The zero-order valence-electron chi connectivity index (χ0n) is 13.3. The second-order valence-electron chi connectivity index (χ2n) is 7.44. The van der Waals surface area contributed by atoms with Gasteiger partial charge < -0.3 is 10.6 Å². The van der Waals surface area contributed by atoms with Crippen LogP contribution in [0.5, 0.6) is 0 Å². The van der Waals surface area contributed by atoms with Crippen LogP contribution in [0.1, 0.15) is 51.4 Å². The molecule has 3 heteroatoms. The highest BCUT2D eigenvalue weighted by molar-refractivity contribution is 4.93. The quantitative estimate of drug-likeness (QED) is 0.787. The molecule has 4 unspecified atom stereocenters. The third-order valence-electron chi connectivity index (χ3n) is 6.27. The first-order valence-corrected chi connectivity index (χ1v) is 8.94. The second kappa shape index (κ2) is 6.76. The Kier molecular flexibility index (Phi) is 5.00. The van der Waals surface area contributed by atoms with Gasteiger partial charge in [-0.2, -0.15) is 0 Å². The van der Waals surface area contributed by atoms with Crippen LogP contribution in [0.2, 0.25) is 0 Å². The van der Waals surface area contributed by atoms with Crippen LogP contribution in [0.25, 0.3) is 0 Å². The van der Waals surface area contributed by atoms with Gasteiger partial charge in [0, 0.05) is 18.6 Å². The van der Waals surface area contributed by atoms with E-state index in [9.17, 15) is 0 Å². The molecule has 0 amide bonds. The van der Waals surface area contributed by atoms with Crippen molar-refractivity contribution in [2.75, 3.05) is 33.2 Å². The predicted octanol–water partition coefficient (Wildman–Crippen LogP) is 2.31. The lowest BCUT2D eigenvalue weighted by Gasteiger charge is -2.49. The van der Waals surface area contributed by atoms with Gasteiger partial charge in [-0.3, -0.25) is 4.90 Å². The molecule has 0 spiro atoms. The predicted molar refractivity (Wildman–Crippen MR) is 84.7 cm³/mol. The SMILES string of the molecule is CN1CCCC2CN(C3CCCCCC3CN)CCC21. The maximum absolute atomic E-state index is 6.09. The molecule has 0 bridgehead atoms. The molecular weight excluding hydrogens is 246 g/mol. The van der Waals surface area contributed by atoms with Crippen molar-refractivity contribution in [3.8, 4) is 0 Å². The minimum atomic E-state index is 0.760. The molecule has 2 heterocycles. The van der Waals surface area contributed by atoms with Crippen molar-refractivity contribution >= 4 is 0 Å².